The van der Waals surface area contributed by atoms with Crippen LogP contribution in [0, 0.1) is 0 Å². The van der Waals surface area contributed by atoms with Gasteiger partial charge < -0.3 is 10.0 Å². The van der Waals surface area contributed by atoms with Gasteiger partial charge in [0.1, 0.15) is 0 Å². The molecule has 0 aromatic carbocycles. The van der Waals surface area contributed by atoms with Crippen LogP contribution in [0.5, 0.6) is 0 Å². The zero-order valence-electron chi connectivity index (χ0n) is 11.7. The van der Waals surface area contributed by atoms with Crippen molar-refractivity contribution in [3.05, 3.63) is 22.4 Å². The highest BCUT2D eigenvalue weighted by molar-refractivity contribution is 7.12. The molecule has 0 saturated heterocycles. The molecule has 1 rings (SSSR count). The van der Waals surface area contributed by atoms with Gasteiger partial charge in [0.05, 0.1) is 11.3 Å². The van der Waals surface area contributed by atoms with Crippen LogP contribution in [0.3, 0.4) is 0 Å². The Morgan fingerprint density at radius 3 is 2.45 bits per heavy atom. The van der Waals surface area contributed by atoms with Gasteiger partial charge in [-0.2, -0.15) is 0 Å². The summed E-state index contributed by atoms with van der Waals surface area (Å²) >= 11 is 1.36. The molecule has 0 spiro atoms. The first-order valence-electron chi connectivity index (χ1n) is 6.49. The van der Waals surface area contributed by atoms with Crippen LogP contribution in [0.4, 0.5) is 0 Å². The maximum atomic E-state index is 12.1. The minimum atomic E-state index is -0.932. The van der Waals surface area contributed by atoms with Crippen LogP contribution in [0.2, 0.25) is 0 Å². The molecule has 20 heavy (non-hydrogen) atoms. The Morgan fingerprint density at radius 2 is 1.95 bits per heavy atom. The molecule has 0 aliphatic rings. The molecule has 110 valence electrons. The molecular formula is C14H19NO4S. The predicted molar refractivity (Wildman–Crippen MR) is 77.0 cm³/mol. The molecule has 6 heteroatoms. The van der Waals surface area contributed by atoms with Gasteiger partial charge in [-0.05, 0) is 25.3 Å². The van der Waals surface area contributed by atoms with Crippen molar-refractivity contribution in [2.45, 2.75) is 39.2 Å². The molecule has 5 nitrogen and oxygen atoms in total. The van der Waals surface area contributed by atoms with E-state index in [0.29, 0.717) is 4.88 Å². The monoisotopic (exact) mass is 297 g/mol. The Morgan fingerprint density at radius 1 is 1.25 bits per heavy atom. The fraction of sp³-hybridized carbons (Fsp3) is 0.500. The van der Waals surface area contributed by atoms with E-state index in [1.807, 2.05) is 19.2 Å². The molecule has 0 aliphatic heterocycles. The van der Waals surface area contributed by atoms with Crippen LogP contribution >= 0.6 is 11.3 Å². The number of carboxylic acids is 1. The lowest BCUT2D eigenvalue weighted by atomic mass is 10.1. The van der Waals surface area contributed by atoms with E-state index in [0.717, 1.165) is 0 Å². The van der Waals surface area contributed by atoms with Gasteiger partial charge in [-0.25, -0.2) is 0 Å². The van der Waals surface area contributed by atoms with Crippen LogP contribution in [0.25, 0.3) is 0 Å². The Labute approximate surface area is 122 Å². The summed E-state index contributed by atoms with van der Waals surface area (Å²) in [5.41, 5.74) is 0. The predicted octanol–water partition coefficient (Wildman–Crippen LogP) is 2.42. The van der Waals surface area contributed by atoms with Crippen LogP contribution in [0.15, 0.2) is 17.5 Å². The van der Waals surface area contributed by atoms with Crippen molar-refractivity contribution in [2.24, 2.45) is 0 Å². The first kappa shape index (κ1) is 16.4. The summed E-state index contributed by atoms with van der Waals surface area (Å²) in [6.45, 7) is 3.85. The highest BCUT2D eigenvalue weighted by Gasteiger charge is 2.19. The van der Waals surface area contributed by atoms with Crippen LogP contribution in [0.1, 0.15) is 42.8 Å². The number of aliphatic carboxylic acids is 1. The number of carboxylic acid groups (broad SMARTS) is 1. The highest BCUT2D eigenvalue weighted by Crippen LogP contribution is 2.13. The molecule has 0 unspecified atom stereocenters. The third-order valence-corrected chi connectivity index (χ3v) is 3.78. The number of nitrogens with zero attached hydrogens (tertiary/aromatic N) is 1. The van der Waals surface area contributed by atoms with Gasteiger partial charge >= 0.3 is 5.97 Å². The lowest BCUT2D eigenvalue weighted by Crippen LogP contribution is -2.38. The number of carbonyl (C=O) groups is 3. The Balaban J connectivity index is 2.49. The molecule has 0 saturated carbocycles. The van der Waals surface area contributed by atoms with Gasteiger partial charge in [0.2, 0.25) is 5.91 Å². The van der Waals surface area contributed by atoms with E-state index in [2.05, 4.69) is 0 Å². The molecular weight excluding hydrogens is 278 g/mol. The fourth-order valence-corrected chi connectivity index (χ4v) is 2.51. The lowest BCUT2D eigenvalue weighted by Gasteiger charge is -2.26. The van der Waals surface area contributed by atoms with Gasteiger partial charge in [0, 0.05) is 25.4 Å². The van der Waals surface area contributed by atoms with E-state index in [1.54, 1.807) is 12.1 Å². The molecule has 0 radical (unpaired) electrons. The first-order valence-corrected chi connectivity index (χ1v) is 7.37. The largest absolute Gasteiger partial charge is 0.481 e. The molecule has 0 atom stereocenters. The smallest absolute Gasteiger partial charge is 0.305 e. The van der Waals surface area contributed by atoms with Crippen LogP contribution in [-0.2, 0) is 9.59 Å². The molecule has 1 amide bonds. The Hall–Kier alpha value is -1.69. The summed E-state index contributed by atoms with van der Waals surface area (Å²) in [5, 5.41) is 10.5. The standard InChI is InChI=1S/C14H19NO4S/c1-10(2)15(8-7-14(18)19)13(17)6-5-11(16)12-4-3-9-20-12/h3-4,9-10H,5-8H2,1-2H3,(H,18,19). The first-order chi connectivity index (χ1) is 9.41. The normalized spacial score (nSPS) is 10.6. The van der Waals surface area contributed by atoms with Gasteiger partial charge in [-0.1, -0.05) is 6.07 Å². The number of Topliss-reactive ketones (excluding diaryl/α,β-unsaturated/α-hetero) is 1. The van der Waals surface area contributed by atoms with Crippen molar-refractivity contribution in [2.75, 3.05) is 6.54 Å². The highest BCUT2D eigenvalue weighted by atomic mass is 32.1. The van der Waals surface area contributed by atoms with E-state index in [4.69, 9.17) is 5.11 Å². The number of thiophene rings is 1. The maximum Gasteiger partial charge on any atom is 0.305 e. The average molecular weight is 297 g/mol. The van der Waals surface area contributed by atoms with Gasteiger partial charge in [-0.15, -0.1) is 11.3 Å². The summed E-state index contributed by atoms with van der Waals surface area (Å²) in [5.74, 6) is -1.15. The second-order valence-corrected chi connectivity index (χ2v) is 5.67. The summed E-state index contributed by atoms with van der Waals surface area (Å²) in [6.07, 6.45) is 0.201. The Bertz CT molecular complexity index is 468. The van der Waals surface area contributed by atoms with E-state index in [-0.39, 0.29) is 43.5 Å². The van der Waals surface area contributed by atoms with Crippen molar-refractivity contribution in [1.82, 2.24) is 4.90 Å². The molecule has 1 N–H and O–H groups in total. The number of hydrogen-bond donors (Lipinski definition) is 1. The number of amides is 1. The molecule has 1 aromatic heterocycles. The number of ketones is 1. The molecule has 0 fully saturated rings. The van der Waals surface area contributed by atoms with Crippen LogP contribution < -0.4 is 0 Å². The van der Waals surface area contributed by atoms with Crippen molar-refractivity contribution in [1.29, 1.82) is 0 Å². The number of rotatable bonds is 8. The maximum absolute atomic E-state index is 12.1. The summed E-state index contributed by atoms with van der Waals surface area (Å²) in [6, 6.07) is 3.47. The molecule has 0 bridgehead atoms. The summed E-state index contributed by atoms with van der Waals surface area (Å²) in [4.78, 5) is 36.6. The van der Waals surface area contributed by atoms with Crippen molar-refractivity contribution in [3.8, 4) is 0 Å². The SMILES string of the molecule is CC(C)N(CCC(=O)O)C(=O)CCC(=O)c1cccs1. The van der Waals surface area contributed by atoms with E-state index in [1.165, 1.54) is 16.2 Å². The van der Waals surface area contributed by atoms with Gasteiger partial charge in [0.25, 0.3) is 0 Å². The number of carbonyl (C=O) groups excluding carboxylic acids is 2. The van der Waals surface area contributed by atoms with Crippen molar-refractivity contribution < 1.29 is 19.5 Å². The van der Waals surface area contributed by atoms with E-state index < -0.39 is 5.97 Å². The summed E-state index contributed by atoms with van der Waals surface area (Å²) in [7, 11) is 0. The molecule has 0 aliphatic carbocycles. The van der Waals surface area contributed by atoms with Crippen molar-refractivity contribution >= 4 is 29.0 Å². The second-order valence-electron chi connectivity index (χ2n) is 4.73. The summed E-state index contributed by atoms with van der Waals surface area (Å²) < 4.78 is 0. The van der Waals surface area contributed by atoms with Crippen LogP contribution in [-0.4, -0.2) is 40.3 Å². The molecule has 1 heterocycles. The van der Waals surface area contributed by atoms with E-state index >= 15 is 0 Å². The van der Waals surface area contributed by atoms with Gasteiger partial charge in [-0.3, -0.25) is 14.4 Å². The van der Waals surface area contributed by atoms with Gasteiger partial charge in [0.15, 0.2) is 5.78 Å². The third kappa shape index (κ3) is 5.13. The number of hydrogen-bond acceptors (Lipinski definition) is 4. The zero-order valence-corrected chi connectivity index (χ0v) is 12.5. The average Bonchev–Trinajstić information content (AvgIpc) is 2.89. The van der Waals surface area contributed by atoms with E-state index in [9.17, 15) is 14.4 Å². The Kier molecular flexibility index (Phi) is 6.38. The fourth-order valence-electron chi connectivity index (χ4n) is 1.81. The minimum absolute atomic E-state index is 0.0460. The third-order valence-electron chi connectivity index (χ3n) is 2.87. The van der Waals surface area contributed by atoms with Crippen molar-refractivity contribution in [3.63, 3.8) is 0 Å². The lowest BCUT2D eigenvalue weighted by molar-refractivity contribution is -0.139. The second kappa shape index (κ2) is 7.79. The minimum Gasteiger partial charge on any atom is -0.481 e. The topological polar surface area (TPSA) is 74.7 Å². The quantitative estimate of drug-likeness (QED) is 0.748. The molecule has 1 aromatic rings. The zero-order chi connectivity index (χ0) is 15.1.